The molecule has 2 aromatic carbocycles. The van der Waals surface area contributed by atoms with Gasteiger partial charge in [-0.3, -0.25) is 15.0 Å². The Kier molecular flexibility index (Phi) is 8.53. The van der Waals surface area contributed by atoms with Gasteiger partial charge in [0.15, 0.2) is 0 Å². The maximum atomic E-state index is 13.0. The van der Waals surface area contributed by atoms with Crippen molar-refractivity contribution in [1.82, 2.24) is 19.8 Å². The number of rotatable bonds is 9. The van der Waals surface area contributed by atoms with E-state index in [0.29, 0.717) is 29.8 Å². The minimum Gasteiger partial charge on any atom is -0.461 e. The number of benzene rings is 2. The highest BCUT2D eigenvalue weighted by Gasteiger charge is 2.38. The topological polar surface area (TPSA) is 115 Å². The van der Waals surface area contributed by atoms with Crippen molar-refractivity contribution in [1.29, 1.82) is 0 Å². The number of hydrogen-bond donors (Lipinski definition) is 2. The number of nitrogens with zero attached hydrogens (tertiary/aromatic N) is 3. The van der Waals surface area contributed by atoms with Crippen LogP contribution in [0.5, 0.6) is 0 Å². The third-order valence-corrected chi connectivity index (χ3v) is 7.14. The van der Waals surface area contributed by atoms with E-state index in [-0.39, 0.29) is 30.6 Å². The number of aromatic nitrogens is 2. The van der Waals surface area contributed by atoms with Crippen LogP contribution in [0.3, 0.4) is 0 Å². The molecule has 5 rings (SSSR count). The lowest BCUT2D eigenvalue weighted by molar-refractivity contribution is -0.173. The molecule has 2 N–H and O–H groups in total. The Labute approximate surface area is 244 Å². The number of ether oxygens (including phenoxy) is 2. The van der Waals surface area contributed by atoms with Crippen LogP contribution in [0, 0.1) is 0 Å². The molecule has 0 unspecified atom stereocenters. The minimum atomic E-state index is -5.03. The van der Waals surface area contributed by atoms with E-state index in [9.17, 15) is 27.6 Å². The van der Waals surface area contributed by atoms with Crippen molar-refractivity contribution in [2.24, 2.45) is 0 Å². The number of amides is 2. The summed E-state index contributed by atoms with van der Waals surface area (Å²) in [5.41, 5.74) is 1.89. The Hall–Kier alpha value is -4.65. The molecule has 0 bridgehead atoms. The maximum absolute atomic E-state index is 13.0. The summed E-state index contributed by atoms with van der Waals surface area (Å²) in [5, 5.41) is 6.85. The Morgan fingerprint density at radius 2 is 1.79 bits per heavy atom. The second-order valence-electron chi connectivity index (χ2n) is 10.1. The van der Waals surface area contributed by atoms with Crippen molar-refractivity contribution in [2.75, 3.05) is 31.6 Å². The molecular formula is C30H30F3N5O5. The average molecular weight is 598 g/mol. The number of esters is 1. The molecule has 0 atom stereocenters. The first-order valence-corrected chi connectivity index (χ1v) is 13.8. The van der Waals surface area contributed by atoms with Gasteiger partial charge in [-0.2, -0.15) is 13.2 Å². The van der Waals surface area contributed by atoms with Crippen LogP contribution in [0.2, 0.25) is 0 Å². The van der Waals surface area contributed by atoms with Gasteiger partial charge in [-0.15, -0.1) is 0 Å². The molecule has 1 fully saturated rings. The van der Waals surface area contributed by atoms with E-state index < -0.39 is 30.7 Å². The van der Waals surface area contributed by atoms with Crippen LogP contribution in [0.15, 0.2) is 54.6 Å². The number of carbonyl (C=O) groups is 3. The number of fused-ring (bicyclic) bond motifs is 2. The van der Waals surface area contributed by atoms with Crippen molar-refractivity contribution < 1.29 is 37.0 Å². The first-order chi connectivity index (χ1) is 20.5. The summed E-state index contributed by atoms with van der Waals surface area (Å²) in [4.78, 5) is 43.6. The van der Waals surface area contributed by atoms with Crippen LogP contribution in [0.25, 0.3) is 21.8 Å². The molecular weight excluding hydrogens is 567 g/mol. The third kappa shape index (κ3) is 6.72. The summed E-state index contributed by atoms with van der Waals surface area (Å²) in [6.07, 6.45) is -5.78. The van der Waals surface area contributed by atoms with Crippen LogP contribution in [-0.4, -0.2) is 70.9 Å². The quantitative estimate of drug-likeness (QED) is 0.265. The zero-order chi connectivity index (χ0) is 30.7. The lowest BCUT2D eigenvalue weighted by atomic mass is 10.0. The lowest BCUT2D eigenvalue weighted by Gasteiger charge is -2.37. The predicted octanol–water partition coefficient (Wildman–Crippen LogP) is 4.85. The molecule has 13 heteroatoms. The summed E-state index contributed by atoms with van der Waals surface area (Å²) in [5.74, 6) is -2.68. The van der Waals surface area contributed by atoms with Crippen molar-refractivity contribution in [3.8, 4) is 0 Å². The minimum absolute atomic E-state index is 0.113. The van der Waals surface area contributed by atoms with Gasteiger partial charge in [-0.05, 0) is 60.1 Å². The zero-order valence-corrected chi connectivity index (χ0v) is 23.5. The van der Waals surface area contributed by atoms with Gasteiger partial charge in [0.05, 0.1) is 25.4 Å². The van der Waals surface area contributed by atoms with Crippen LogP contribution in [0.1, 0.15) is 35.6 Å². The Bertz CT molecular complexity index is 1680. The molecule has 0 saturated carbocycles. The van der Waals surface area contributed by atoms with Gasteiger partial charge in [0.1, 0.15) is 17.4 Å². The smallest absolute Gasteiger partial charge is 0.461 e. The predicted molar refractivity (Wildman–Crippen MR) is 153 cm³/mol. The molecule has 1 aliphatic rings. The maximum Gasteiger partial charge on any atom is 0.471 e. The number of carbonyl (C=O) groups excluding carboxylic acids is 3. The number of anilines is 1. The van der Waals surface area contributed by atoms with Gasteiger partial charge < -0.3 is 19.4 Å². The first kappa shape index (κ1) is 29.8. The first-order valence-electron chi connectivity index (χ1n) is 13.8. The number of likely N-dealkylation sites (N-methyl/N-ethyl adjacent to an activating group) is 1. The van der Waals surface area contributed by atoms with Gasteiger partial charge in [-0.25, -0.2) is 14.6 Å². The molecule has 3 heterocycles. The molecule has 0 radical (unpaired) electrons. The molecule has 2 aromatic heterocycles. The summed E-state index contributed by atoms with van der Waals surface area (Å²) in [6, 6.07) is 15.8. The molecule has 4 aromatic rings. The molecule has 43 heavy (non-hydrogen) atoms. The SMILES string of the molecule is CCOC(=O)c1cc2ccc(CNC(=O)C(F)(F)F)nc2n1Cc1cc(NC(=O)OC2CN(CC)C2)cc2ccccc12. The number of hydrogen-bond acceptors (Lipinski definition) is 7. The normalized spacial score (nSPS) is 14.0. The van der Waals surface area contributed by atoms with E-state index in [1.54, 1.807) is 29.7 Å². The van der Waals surface area contributed by atoms with Gasteiger partial charge in [-0.1, -0.05) is 31.2 Å². The van der Waals surface area contributed by atoms with Crippen LogP contribution >= 0.6 is 0 Å². The highest BCUT2D eigenvalue weighted by molar-refractivity contribution is 5.96. The van der Waals surface area contributed by atoms with E-state index >= 15 is 0 Å². The van der Waals surface area contributed by atoms with Gasteiger partial charge >= 0.3 is 24.1 Å². The number of halogens is 3. The van der Waals surface area contributed by atoms with Gasteiger partial charge in [0.2, 0.25) is 0 Å². The van der Waals surface area contributed by atoms with Crippen LogP contribution < -0.4 is 10.6 Å². The fourth-order valence-electron chi connectivity index (χ4n) is 4.99. The number of alkyl halides is 3. The Morgan fingerprint density at radius 3 is 2.51 bits per heavy atom. The van der Waals surface area contributed by atoms with Crippen molar-refractivity contribution in [3.05, 3.63) is 71.5 Å². The standard InChI is InChI=1S/C30H30F3N5O5/c1-3-37-16-23(17-37)43-29(41)36-22-11-18-7-5-6-8-24(18)20(12-22)15-38-25(27(39)42-4-2)13-19-9-10-21(35-26(19)38)14-34-28(40)30(31,32)33/h5-13,23H,3-4,14-17H2,1-2H3,(H,34,40)(H,36,41). The second-order valence-corrected chi connectivity index (χ2v) is 10.1. The summed E-state index contributed by atoms with van der Waals surface area (Å²) in [7, 11) is 0. The average Bonchev–Trinajstić information content (AvgIpc) is 3.30. The molecule has 10 nitrogen and oxygen atoms in total. The van der Waals surface area contributed by atoms with Crippen LogP contribution in [0.4, 0.5) is 23.7 Å². The highest BCUT2D eigenvalue weighted by atomic mass is 19.4. The van der Waals surface area contributed by atoms with Crippen molar-refractivity contribution >= 4 is 45.5 Å². The fourth-order valence-corrected chi connectivity index (χ4v) is 4.99. The summed E-state index contributed by atoms with van der Waals surface area (Å²) in [6.45, 7) is 5.74. The highest BCUT2D eigenvalue weighted by Crippen LogP contribution is 2.28. The van der Waals surface area contributed by atoms with Gasteiger partial charge in [0, 0.05) is 24.2 Å². The second kappa shape index (κ2) is 12.3. The Morgan fingerprint density at radius 1 is 1.02 bits per heavy atom. The molecule has 2 amide bonds. The van der Waals surface area contributed by atoms with Crippen LogP contribution in [-0.2, 0) is 27.4 Å². The molecule has 1 aliphatic heterocycles. The van der Waals surface area contributed by atoms with Gasteiger partial charge in [0.25, 0.3) is 0 Å². The molecule has 0 aliphatic carbocycles. The largest absolute Gasteiger partial charge is 0.471 e. The van der Waals surface area contributed by atoms with E-state index in [2.05, 4.69) is 15.2 Å². The zero-order valence-electron chi connectivity index (χ0n) is 23.5. The lowest BCUT2D eigenvalue weighted by Crippen LogP contribution is -2.52. The number of nitrogens with one attached hydrogen (secondary N) is 2. The van der Waals surface area contributed by atoms with Crippen molar-refractivity contribution in [3.63, 3.8) is 0 Å². The van der Waals surface area contributed by atoms with E-state index in [1.165, 1.54) is 6.07 Å². The fraction of sp³-hybridized carbons (Fsp3) is 0.333. The number of likely N-dealkylation sites (tertiary alicyclic amines) is 1. The monoisotopic (exact) mass is 597 g/mol. The third-order valence-electron chi connectivity index (χ3n) is 7.14. The van der Waals surface area contributed by atoms with E-state index in [4.69, 9.17) is 9.47 Å². The van der Waals surface area contributed by atoms with E-state index in [0.717, 1.165) is 22.9 Å². The molecule has 1 saturated heterocycles. The molecule has 226 valence electrons. The molecule has 0 spiro atoms. The van der Waals surface area contributed by atoms with E-state index in [1.807, 2.05) is 42.6 Å². The van der Waals surface area contributed by atoms with Crippen molar-refractivity contribution in [2.45, 2.75) is 39.2 Å². The number of pyridine rings is 1. The summed E-state index contributed by atoms with van der Waals surface area (Å²) >= 11 is 0. The summed E-state index contributed by atoms with van der Waals surface area (Å²) < 4.78 is 50.5. The Balaban J connectivity index is 1.49.